The molecule has 2 saturated carbocycles. The van der Waals surface area contributed by atoms with Crippen LogP contribution in [0.4, 0.5) is 17.6 Å². The molecule has 194 valence electrons. The highest BCUT2D eigenvalue weighted by Gasteiger charge is 2.50. The Morgan fingerprint density at radius 2 is 1.56 bits per heavy atom. The van der Waals surface area contributed by atoms with Gasteiger partial charge in [-0.3, -0.25) is 4.40 Å². The Kier molecular flexibility index (Phi) is 8.62. The van der Waals surface area contributed by atoms with Crippen LogP contribution in [0.3, 0.4) is 0 Å². The molecular formula is C27H31F4N3O2. The van der Waals surface area contributed by atoms with Gasteiger partial charge in [0.05, 0.1) is 12.2 Å². The third kappa shape index (κ3) is 6.35. The maximum Gasteiger partial charge on any atom is 0.423 e. The predicted molar refractivity (Wildman–Crippen MR) is 129 cm³/mol. The number of hydrogen-bond acceptors (Lipinski definition) is 4. The Morgan fingerprint density at radius 1 is 0.972 bits per heavy atom. The van der Waals surface area contributed by atoms with Crippen molar-refractivity contribution < 1.29 is 27.0 Å². The maximum atomic E-state index is 13.8. The number of rotatable bonds is 4. The molecule has 2 fully saturated rings. The van der Waals surface area contributed by atoms with Crippen molar-refractivity contribution >= 4 is 5.65 Å². The number of aromatic nitrogens is 3. The van der Waals surface area contributed by atoms with Gasteiger partial charge in [0, 0.05) is 19.2 Å². The van der Waals surface area contributed by atoms with E-state index in [0.29, 0.717) is 18.7 Å². The van der Waals surface area contributed by atoms with Crippen molar-refractivity contribution in [2.24, 2.45) is 5.41 Å². The van der Waals surface area contributed by atoms with Gasteiger partial charge < -0.3 is 9.47 Å². The van der Waals surface area contributed by atoms with E-state index >= 15 is 0 Å². The molecule has 2 aromatic heterocycles. The summed E-state index contributed by atoms with van der Waals surface area (Å²) in [5.41, 5.74) is -0.962. The van der Waals surface area contributed by atoms with Gasteiger partial charge in [0.2, 0.25) is 0 Å². The molecule has 0 aliphatic heterocycles. The van der Waals surface area contributed by atoms with Gasteiger partial charge in [-0.15, -0.1) is 23.0 Å². The molecule has 0 bridgehead atoms. The van der Waals surface area contributed by atoms with Crippen LogP contribution < -0.4 is 4.74 Å². The lowest BCUT2D eigenvalue weighted by Crippen LogP contribution is -2.28. The Labute approximate surface area is 208 Å². The van der Waals surface area contributed by atoms with Crippen molar-refractivity contribution in [1.82, 2.24) is 14.6 Å². The quantitative estimate of drug-likeness (QED) is 0.293. The van der Waals surface area contributed by atoms with Crippen LogP contribution in [0.2, 0.25) is 0 Å². The van der Waals surface area contributed by atoms with E-state index in [1.165, 1.54) is 22.6 Å². The highest BCUT2D eigenvalue weighted by Crippen LogP contribution is 2.58. The molecule has 2 aliphatic rings. The second-order valence-electron chi connectivity index (χ2n) is 9.60. The molecule has 0 N–H and O–H groups in total. The zero-order valence-electron chi connectivity index (χ0n) is 20.6. The predicted octanol–water partition coefficient (Wildman–Crippen LogP) is 6.67. The summed E-state index contributed by atoms with van der Waals surface area (Å²) in [5, 5.41) is 7.96. The Balaban J connectivity index is 0.000000342. The Hall–Kier alpha value is -3.12. The first kappa shape index (κ1) is 27.5. The molecule has 1 unspecified atom stereocenters. The summed E-state index contributed by atoms with van der Waals surface area (Å²) in [6.45, 7) is 4.16. The van der Waals surface area contributed by atoms with Crippen molar-refractivity contribution in [3.63, 3.8) is 0 Å². The number of ether oxygens (including phenoxy) is 2. The lowest BCUT2D eigenvalue weighted by atomic mass is 9.95. The van der Waals surface area contributed by atoms with Gasteiger partial charge in [0.25, 0.3) is 0 Å². The van der Waals surface area contributed by atoms with Gasteiger partial charge in [-0.2, -0.15) is 13.2 Å². The molecular weight excluding hydrogens is 474 g/mol. The molecule has 0 spiro atoms. The number of nitrogens with zero attached hydrogens (tertiary/aromatic N) is 3. The molecule has 0 saturated heterocycles. The fourth-order valence-electron chi connectivity index (χ4n) is 4.45. The average molecular weight is 506 g/mol. The SMILES string of the molecule is C#C.COC1CCC(Oc2ccn3c(C4CC4(C)C)nnc3c2C(F)(F)F)CC1.Fc1ccccc1. The molecule has 5 nitrogen and oxygen atoms in total. The largest absolute Gasteiger partial charge is 0.490 e. The van der Waals surface area contributed by atoms with Crippen LogP contribution in [0, 0.1) is 24.1 Å². The van der Waals surface area contributed by atoms with Crippen LogP contribution >= 0.6 is 0 Å². The molecule has 0 amide bonds. The van der Waals surface area contributed by atoms with Crippen LogP contribution in [0.25, 0.3) is 5.65 Å². The number of halogens is 4. The summed E-state index contributed by atoms with van der Waals surface area (Å²) < 4.78 is 66.0. The van der Waals surface area contributed by atoms with E-state index < -0.39 is 11.7 Å². The fourth-order valence-corrected chi connectivity index (χ4v) is 4.45. The van der Waals surface area contributed by atoms with E-state index in [0.717, 1.165) is 19.3 Å². The van der Waals surface area contributed by atoms with Gasteiger partial charge in [0.15, 0.2) is 5.65 Å². The monoisotopic (exact) mass is 505 g/mol. The molecule has 5 rings (SSSR count). The standard InChI is InChI=1S/C19H24F3N3O2.C6H5F.C2H2/c1-18(2)10-13(18)16-23-24-17-15(19(20,21)22)14(8-9-25(16)17)27-12-6-4-11(26-3)5-7-12;7-6-4-2-1-3-5-6;1-2/h8-9,11-13H,4-7,10H2,1-3H3;1-5H;1-2H. The zero-order chi connectivity index (χ0) is 26.5. The number of alkyl halides is 3. The van der Waals surface area contributed by atoms with E-state index in [4.69, 9.17) is 9.47 Å². The van der Waals surface area contributed by atoms with Crippen LogP contribution in [0.1, 0.15) is 63.3 Å². The minimum absolute atomic E-state index is 0.0521. The van der Waals surface area contributed by atoms with Gasteiger partial charge in [-0.1, -0.05) is 32.0 Å². The summed E-state index contributed by atoms with van der Waals surface area (Å²) in [5.74, 6) is 0.379. The molecule has 1 atom stereocenters. The van der Waals surface area contributed by atoms with Crippen molar-refractivity contribution in [2.75, 3.05) is 7.11 Å². The summed E-state index contributed by atoms with van der Waals surface area (Å²) in [6, 6.07) is 9.34. The zero-order valence-corrected chi connectivity index (χ0v) is 20.6. The van der Waals surface area contributed by atoms with E-state index in [1.807, 2.05) is 0 Å². The second kappa shape index (κ2) is 11.3. The lowest BCUT2D eigenvalue weighted by molar-refractivity contribution is -0.138. The summed E-state index contributed by atoms with van der Waals surface area (Å²) in [7, 11) is 1.66. The Morgan fingerprint density at radius 3 is 2.03 bits per heavy atom. The van der Waals surface area contributed by atoms with Crippen molar-refractivity contribution in [3.05, 3.63) is 59.8 Å². The van der Waals surface area contributed by atoms with Gasteiger partial charge in [-0.25, -0.2) is 4.39 Å². The van der Waals surface area contributed by atoms with Crippen molar-refractivity contribution in [2.45, 2.75) is 70.3 Å². The number of hydrogen-bond donors (Lipinski definition) is 0. The first-order chi connectivity index (χ1) is 17.1. The van der Waals surface area contributed by atoms with Crippen molar-refractivity contribution in [3.8, 4) is 18.6 Å². The minimum Gasteiger partial charge on any atom is -0.490 e. The lowest BCUT2D eigenvalue weighted by Gasteiger charge is -2.29. The fraction of sp³-hybridized carbons (Fsp3) is 0.481. The van der Waals surface area contributed by atoms with Crippen LogP contribution in [-0.4, -0.2) is 33.9 Å². The number of terminal acetylenes is 1. The molecule has 1 aromatic carbocycles. The molecule has 36 heavy (non-hydrogen) atoms. The summed E-state index contributed by atoms with van der Waals surface area (Å²) >= 11 is 0. The second-order valence-corrected chi connectivity index (χ2v) is 9.60. The molecule has 2 heterocycles. The molecule has 2 aliphatic carbocycles. The molecule has 9 heteroatoms. The van der Waals surface area contributed by atoms with Crippen molar-refractivity contribution in [1.29, 1.82) is 0 Å². The van der Waals surface area contributed by atoms with Crippen LogP contribution in [0.5, 0.6) is 5.75 Å². The highest BCUT2D eigenvalue weighted by atomic mass is 19.4. The summed E-state index contributed by atoms with van der Waals surface area (Å²) in [4.78, 5) is 0. The number of methoxy groups -OCH3 is 1. The number of fused-ring (bicyclic) bond motifs is 1. The van der Waals surface area contributed by atoms with Gasteiger partial charge in [0.1, 0.15) is 23.0 Å². The van der Waals surface area contributed by atoms with Crippen LogP contribution in [-0.2, 0) is 10.9 Å². The first-order valence-corrected chi connectivity index (χ1v) is 11.8. The van der Waals surface area contributed by atoms with Gasteiger partial charge >= 0.3 is 6.18 Å². The first-order valence-electron chi connectivity index (χ1n) is 11.8. The minimum atomic E-state index is -4.56. The smallest absolute Gasteiger partial charge is 0.423 e. The third-order valence-corrected chi connectivity index (χ3v) is 6.66. The third-order valence-electron chi connectivity index (χ3n) is 6.66. The number of pyridine rings is 1. The van der Waals surface area contributed by atoms with E-state index in [1.54, 1.807) is 31.5 Å². The van der Waals surface area contributed by atoms with E-state index in [9.17, 15) is 17.6 Å². The molecule has 0 radical (unpaired) electrons. The highest BCUT2D eigenvalue weighted by molar-refractivity contribution is 5.57. The normalized spacial score (nSPS) is 22.5. The van der Waals surface area contributed by atoms with Gasteiger partial charge in [-0.05, 0) is 55.7 Å². The number of benzene rings is 1. The topological polar surface area (TPSA) is 48.7 Å². The van der Waals surface area contributed by atoms with E-state index in [2.05, 4.69) is 36.9 Å². The summed E-state index contributed by atoms with van der Waals surface area (Å²) in [6.07, 6.45) is 8.78. The van der Waals surface area contributed by atoms with E-state index in [-0.39, 0.29) is 40.8 Å². The maximum absolute atomic E-state index is 13.8. The average Bonchev–Trinajstić information content (AvgIpc) is 3.29. The molecule has 3 aromatic rings. The Bertz CT molecular complexity index is 1150. The van der Waals surface area contributed by atoms with Crippen LogP contribution in [0.15, 0.2) is 42.6 Å².